The van der Waals surface area contributed by atoms with Gasteiger partial charge in [-0.05, 0) is 19.1 Å². The monoisotopic (exact) mass is 236 g/mol. The molecule has 2 aromatic rings. The van der Waals surface area contributed by atoms with E-state index in [2.05, 4.69) is 9.97 Å². The zero-order chi connectivity index (χ0) is 11.7. The molecular formula is C11H9ClN2O2. The number of aromatic nitrogens is 2. The number of halogens is 1. The van der Waals surface area contributed by atoms with Crippen LogP contribution in [-0.4, -0.2) is 21.0 Å². The topological polar surface area (TPSA) is 66.0 Å². The molecule has 0 amide bonds. The van der Waals surface area contributed by atoms with Crippen molar-refractivity contribution in [3.63, 3.8) is 0 Å². The molecule has 0 aliphatic carbocycles. The molecule has 0 aliphatic rings. The summed E-state index contributed by atoms with van der Waals surface area (Å²) in [4.78, 5) is 17.8. The lowest BCUT2D eigenvalue weighted by Gasteiger charge is -1.97. The Hall–Kier alpha value is -1.81. The van der Waals surface area contributed by atoms with Gasteiger partial charge in [-0.25, -0.2) is 4.79 Å². The Balaban J connectivity index is 2.61. The van der Waals surface area contributed by atoms with Gasteiger partial charge in [0.05, 0.1) is 16.3 Å². The maximum Gasteiger partial charge on any atom is 0.339 e. The van der Waals surface area contributed by atoms with Crippen LogP contribution in [0.25, 0.3) is 11.3 Å². The number of nitrogens with one attached hydrogen (secondary N) is 1. The average molecular weight is 237 g/mol. The van der Waals surface area contributed by atoms with Crippen molar-refractivity contribution in [2.75, 3.05) is 0 Å². The average Bonchev–Trinajstić information content (AvgIpc) is 2.55. The lowest BCUT2D eigenvalue weighted by molar-refractivity contribution is 0.0696. The quantitative estimate of drug-likeness (QED) is 0.843. The minimum Gasteiger partial charge on any atom is -0.478 e. The molecule has 16 heavy (non-hydrogen) atoms. The van der Waals surface area contributed by atoms with E-state index in [1.807, 2.05) is 0 Å². The Morgan fingerprint density at radius 2 is 2.06 bits per heavy atom. The Kier molecular flexibility index (Phi) is 2.66. The van der Waals surface area contributed by atoms with Crippen molar-refractivity contribution in [3.8, 4) is 11.3 Å². The van der Waals surface area contributed by atoms with Gasteiger partial charge in [-0.3, -0.25) is 4.98 Å². The van der Waals surface area contributed by atoms with Crippen LogP contribution >= 0.6 is 11.6 Å². The third kappa shape index (κ3) is 1.67. The molecular weight excluding hydrogens is 228 g/mol. The number of nitrogens with zero attached hydrogens (tertiary/aromatic N) is 1. The van der Waals surface area contributed by atoms with Crippen LogP contribution in [0.15, 0.2) is 24.5 Å². The van der Waals surface area contributed by atoms with Crippen molar-refractivity contribution >= 4 is 17.6 Å². The summed E-state index contributed by atoms with van der Waals surface area (Å²) in [6, 6.07) is 3.53. The van der Waals surface area contributed by atoms with Crippen molar-refractivity contribution in [3.05, 3.63) is 40.8 Å². The predicted octanol–water partition coefficient (Wildman–Crippen LogP) is 2.74. The van der Waals surface area contributed by atoms with E-state index in [0.29, 0.717) is 11.4 Å². The van der Waals surface area contributed by atoms with Gasteiger partial charge in [-0.1, -0.05) is 11.6 Å². The van der Waals surface area contributed by atoms with E-state index < -0.39 is 5.97 Å². The summed E-state index contributed by atoms with van der Waals surface area (Å²) < 4.78 is 0. The van der Waals surface area contributed by atoms with Gasteiger partial charge in [0.1, 0.15) is 0 Å². The number of rotatable bonds is 2. The van der Waals surface area contributed by atoms with Crippen molar-refractivity contribution < 1.29 is 9.90 Å². The first-order chi connectivity index (χ1) is 7.61. The normalized spacial score (nSPS) is 10.4. The van der Waals surface area contributed by atoms with Crippen molar-refractivity contribution in [2.24, 2.45) is 0 Å². The Morgan fingerprint density at radius 3 is 2.56 bits per heavy atom. The van der Waals surface area contributed by atoms with Gasteiger partial charge in [0, 0.05) is 23.7 Å². The fourth-order valence-corrected chi connectivity index (χ4v) is 1.95. The van der Waals surface area contributed by atoms with Gasteiger partial charge >= 0.3 is 5.97 Å². The van der Waals surface area contributed by atoms with Crippen LogP contribution in [0.2, 0.25) is 5.02 Å². The van der Waals surface area contributed by atoms with E-state index in [1.165, 1.54) is 0 Å². The fourth-order valence-electron chi connectivity index (χ4n) is 1.57. The van der Waals surface area contributed by atoms with Crippen LogP contribution in [0.3, 0.4) is 0 Å². The minimum absolute atomic E-state index is 0.119. The first kappa shape index (κ1) is 10.7. The van der Waals surface area contributed by atoms with Gasteiger partial charge < -0.3 is 10.1 Å². The molecule has 2 heterocycles. The number of carboxylic acid groups (broad SMARTS) is 1. The van der Waals surface area contributed by atoms with E-state index >= 15 is 0 Å². The van der Waals surface area contributed by atoms with Crippen molar-refractivity contribution in [1.82, 2.24) is 9.97 Å². The highest BCUT2D eigenvalue weighted by molar-refractivity contribution is 6.36. The molecule has 0 aliphatic heterocycles. The standard InChI is InChI=1S/C11H9ClN2O2/c1-6-8(11(15)16)9(12)10(14-6)7-2-4-13-5-3-7/h2-5,14H,1H3,(H,15,16). The number of H-pyrrole nitrogens is 1. The van der Waals surface area contributed by atoms with E-state index in [0.717, 1.165) is 5.56 Å². The largest absolute Gasteiger partial charge is 0.478 e. The first-order valence-electron chi connectivity index (χ1n) is 4.63. The molecule has 2 rings (SSSR count). The smallest absolute Gasteiger partial charge is 0.339 e. The molecule has 0 aromatic carbocycles. The molecule has 0 unspecified atom stereocenters. The van der Waals surface area contributed by atoms with E-state index in [4.69, 9.17) is 16.7 Å². The lowest BCUT2D eigenvalue weighted by atomic mass is 10.2. The fraction of sp³-hybridized carbons (Fsp3) is 0.0909. The lowest BCUT2D eigenvalue weighted by Crippen LogP contribution is -1.97. The molecule has 0 atom stereocenters. The SMILES string of the molecule is Cc1[nH]c(-c2ccncc2)c(Cl)c1C(=O)O. The molecule has 82 valence electrons. The maximum absolute atomic E-state index is 11.0. The Labute approximate surface area is 96.9 Å². The van der Waals surface area contributed by atoms with Crippen LogP contribution in [0, 0.1) is 6.92 Å². The molecule has 0 radical (unpaired) electrons. The van der Waals surface area contributed by atoms with Crippen LogP contribution in [0.4, 0.5) is 0 Å². The summed E-state index contributed by atoms with van der Waals surface area (Å²) >= 11 is 6.03. The minimum atomic E-state index is -1.03. The van der Waals surface area contributed by atoms with Crippen LogP contribution in [0.5, 0.6) is 0 Å². The number of pyridine rings is 1. The van der Waals surface area contributed by atoms with Crippen molar-refractivity contribution in [1.29, 1.82) is 0 Å². The van der Waals surface area contributed by atoms with Gasteiger partial charge in [0.25, 0.3) is 0 Å². The van der Waals surface area contributed by atoms with Crippen LogP contribution < -0.4 is 0 Å². The molecule has 0 bridgehead atoms. The third-order valence-corrected chi connectivity index (χ3v) is 2.69. The number of carboxylic acids is 1. The number of aryl methyl sites for hydroxylation is 1. The Morgan fingerprint density at radius 1 is 1.44 bits per heavy atom. The zero-order valence-corrected chi connectivity index (χ0v) is 9.25. The van der Waals surface area contributed by atoms with Gasteiger partial charge in [0.2, 0.25) is 0 Å². The number of aromatic amines is 1. The van der Waals surface area contributed by atoms with E-state index in [1.54, 1.807) is 31.5 Å². The third-order valence-electron chi connectivity index (χ3n) is 2.31. The number of hydrogen-bond donors (Lipinski definition) is 2. The summed E-state index contributed by atoms with van der Waals surface area (Å²) in [6.07, 6.45) is 3.25. The van der Waals surface area contributed by atoms with E-state index in [-0.39, 0.29) is 10.6 Å². The molecule has 0 fully saturated rings. The second-order valence-corrected chi connectivity index (χ2v) is 3.73. The molecule has 0 spiro atoms. The molecule has 0 saturated carbocycles. The highest BCUT2D eigenvalue weighted by Crippen LogP contribution is 2.31. The van der Waals surface area contributed by atoms with Gasteiger partial charge in [0.15, 0.2) is 0 Å². The van der Waals surface area contributed by atoms with Gasteiger partial charge in [-0.15, -0.1) is 0 Å². The number of hydrogen-bond acceptors (Lipinski definition) is 2. The van der Waals surface area contributed by atoms with Crippen LogP contribution in [-0.2, 0) is 0 Å². The molecule has 0 saturated heterocycles. The highest BCUT2D eigenvalue weighted by atomic mass is 35.5. The van der Waals surface area contributed by atoms with Crippen molar-refractivity contribution in [2.45, 2.75) is 6.92 Å². The summed E-state index contributed by atoms with van der Waals surface area (Å²) in [6.45, 7) is 1.68. The predicted molar refractivity (Wildman–Crippen MR) is 60.7 cm³/mol. The second kappa shape index (κ2) is 3.98. The summed E-state index contributed by atoms with van der Waals surface area (Å²) in [5.74, 6) is -1.03. The molecule has 2 N–H and O–H groups in total. The van der Waals surface area contributed by atoms with Gasteiger partial charge in [-0.2, -0.15) is 0 Å². The summed E-state index contributed by atoms with van der Waals surface area (Å²) in [7, 11) is 0. The summed E-state index contributed by atoms with van der Waals surface area (Å²) in [5.41, 5.74) is 2.09. The van der Waals surface area contributed by atoms with Crippen LogP contribution in [0.1, 0.15) is 16.1 Å². The highest BCUT2D eigenvalue weighted by Gasteiger charge is 2.19. The Bertz CT molecular complexity index is 534. The maximum atomic E-state index is 11.0. The molecule has 2 aromatic heterocycles. The van der Waals surface area contributed by atoms with E-state index in [9.17, 15) is 4.79 Å². The first-order valence-corrected chi connectivity index (χ1v) is 5.01. The molecule has 5 heteroatoms. The second-order valence-electron chi connectivity index (χ2n) is 3.36. The summed E-state index contributed by atoms with van der Waals surface area (Å²) in [5, 5.41) is 9.22. The number of aromatic carboxylic acids is 1. The number of carbonyl (C=O) groups is 1. The zero-order valence-electron chi connectivity index (χ0n) is 8.49. The molecule has 4 nitrogen and oxygen atoms in total.